The van der Waals surface area contributed by atoms with Crippen molar-refractivity contribution in [3.8, 4) is 0 Å². The van der Waals surface area contributed by atoms with Gasteiger partial charge >= 0.3 is 0 Å². The third-order valence-corrected chi connectivity index (χ3v) is 9.41. The molecule has 5 aromatic rings. The molecule has 2 aromatic heterocycles. The number of aryl methyl sites for hydroxylation is 4. The number of aromatic nitrogens is 4. The van der Waals surface area contributed by atoms with Gasteiger partial charge in [0.05, 0.1) is 9.79 Å². The average molecular weight is 687 g/mol. The van der Waals surface area contributed by atoms with Crippen LogP contribution in [0.25, 0.3) is 0 Å². The van der Waals surface area contributed by atoms with Gasteiger partial charge in [-0.1, -0.05) is 0 Å². The first-order valence-corrected chi connectivity index (χ1v) is 17.3. The predicted molar refractivity (Wildman–Crippen MR) is 180 cm³/mol. The van der Waals surface area contributed by atoms with Gasteiger partial charge in [-0.05, 0) is 100 Å². The smallest absolute Gasteiger partial charge is 0.263 e. The average Bonchev–Trinajstić information content (AvgIpc) is 3.00. The van der Waals surface area contributed by atoms with Crippen LogP contribution in [-0.2, 0) is 20.0 Å². The highest BCUT2D eigenvalue weighted by molar-refractivity contribution is 7.93. The van der Waals surface area contributed by atoms with E-state index in [4.69, 9.17) is 0 Å². The van der Waals surface area contributed by atoms with Crippen molar-refractivity contribution in [2.24, 2.45) is 0 Å². The van der Waals surface area contributed by atoms with Crippen molar-refractivity contribution in [2.75, 3.05) is 20.1 Å². The molecular formula is C32H30N8O6S2. The van der Waals surface area contributed by atoms with Crippen molar-refractivity contribution in [3.05, 3.63) is 119 Å². The van der Waals surface area contributed by atoms with Gasteiger partial charge in [-0.25, -0.2) is 36.8 Å². The van der Waals surface area contributed by atoms with Crippen LogP contribution in [0, 0.1) is 27.7 Å². The second kappa shape index (κ2) is 13.5. The van der Waals surface area contributed by atoms with Crippen molar-refractivity contribution in [1.82, 2.24) is 19.9 Å². The fourth-order valence-electron chi connectivity index (χ4n) is 4.55. The molecule has 5 rings (SSSR count). The molecule has 0 radical (unpaired) electrons. The van der Waals surface area contributed by atoms with E-state index in [1.165, 1.54) is 84.9 Å². The van der Waals surface area contributed by atoms with Gasteiger partial charge in [0, 0.05) is 46.0 Å². The van der Waals surface area contributed by atoms with Crippen molar-refractivity contribution >= 4 is 54.9 Å². The van der Waals surface area contributed by atoms with E-state index in [-0.39, 0.29) is 32.6 Å². The van der Waals surface area contributed by atoms with Gasteiger partial charge in [-0.3, -0.25) is 19.0 Å². The van der Waals surface area contributed by atoms with Crippen LogP contribution in [0.5, 0.6) is 0 Å². The van der Waals surface area contributed by atoms with Crippen molar-refractivity contribution in [2.45, 2.75) is 37.5 Å². The number of amides is 2. The number of hydrogen-bond donors (Lipinski definition) is 4. The van der Waals surface area contributed by atoms with Crippen LogP contribution >= 0.6 is 0 Å². The number of benzene rings is 3. The Morgan fingerprint density at radius 3 is 1.15 bits per heavy atom. The molecule has 4 N–H and O–H groups in total. The number of anilines is 4. The Balaban J connectivity index is 1.17. The molecule has 14 nitrogen and oxygen atoms in total. The second-order valence-corrected chi connectivity index (χ2v) is 14.0. The molecule has 0 bridgehead atoms. The van der Waals surface area contributed by atoms with Gasteiger partial charge in [0.25, 0.3) is 31.9 Å². The highest BCUT2D eigenvalue weighted by atomic mass is 32.2. The number of nitrogens with one attached hydrogen (secondary N) is 4. The molecule has 16 heteroatoms. The fraction of sp³-hybridized carbons (Fsp3) is 0.125. The van der Waals surface area contributed by atoms with Crippen LogP contribution in [0.1, 0.15) is 43.8 Å². The summed E-state index contributed by atoms with van der Waals surface area (Å²) in [4.78, 5) is 42.0. The molecule has 246 valence electrons. The Labute approximate surface area is 277 Å². The van der Waals surface area contributed by atoms with Gasteiger partial charge in [0.2, 0.25) is 0 Å². The molecule has 0 aliphatic carbocycles. The first-order chi connectivity index (χ1) is 22.7. The topological polar surface area (TPSA) is 202 Å². The van der Waals surface area contributed by atoms with E-state index in [1.807, 2.05) is 0 Å². The third-order valence-electron chi connectivity index (χ3n) is 6.66. The summed E-state index contributed by atoms with van der Waals surface area (Å²) in [7, 11) is -7.86. The number of sulfonamides is 2. The Kier molecular flexibility index (Phi) is 9.49. The lowest BCUT2D eigenvalue weighted by Gasteiger charge is -2.11. The molecule has 0 saturated carbocycles. The predicted octanol–water partition coefficient (Wildman–Crippen LogP) is 4.61. The van der Waals surface area contributed by atoms with E-state index in [9.17, 15) is 26.4 Å². The van der Waals surface area contributed by atoms with Gasteiger partial charge < -0.3 is 10.6 Å². The minimum Gasteiger partial charge on any atom is -0.322 e. The summed E-state index contributed by atoms with van der Waals surface area (Å²) in [6.45, 7) is 6.78. The summed E-state index contributed by atoms with van der Waals surface area (Å²) < 4.78 is 56.0. The molecular weight excluding hydrogens is 657 g/mol. The maximum absolute atomic E-state index is 12.8. The summed E-state index contributed by atoms with van der Waals surface area (Å²) in [6, 6.07) is 20.1. The highest BCUT2D eigenvalue weighted by Crippen LogP contribution is 2.20. The number of carbonyl (C=O) groups is 2. The molecule has 0 atom stereocenters. The van der Waals surface area contributed by atoms with Crippen molar-refractivity contribution in [3.63, 3.8) is 0 Å². The Morgan fingerprint density at radius 2 is 0.833 bits per heavy atom. The third kappa shape index (κ3) is 8.34. The second-order valence-electron chi connectivity index (χ2n) is 10.6. The number of hydrogen-bond acceptors (Lipinski definition) is 10. The van der Waals surface area contributed by atoms with Crippen molar-refractivity contribution in [1.29, 1.82) is 0 Å². The first-order valence-electron chi connectivity index (χ1n) is 14.3. The van der Waals surface area contributed by atoms with E-state index >= 15 is 0 Å². The maximum Gasteiger partial charge on any atom is 0.263 e. The molecule has 0 saturated heterocycles. The quantitative estimate of drug-likeness (QED) is 0.161. The summed E-state index contributed by atoms with van der Waals surface area (Å²) in [5.74, 6) is 0.214. The molecule has 0 unspecified atom stereocenters. The van der Waals surface area contributed by atoms with E-state index < -0.39 is 31.9 Å². The SMILES string of the molecule is Cc1cc(NS(=O)(=O)c2ccc(NC(=O)c3ccc(C(=O)Nc4ccc(S(=O)(=O)Nc5cc(C)nc(C)n5)cc4)cc3)cc2)nc(C)n1. The zero-order chi connectivity index (χ0) is 34.6. The highest BCUT2D eigenvalue weighted by Gasteiger charge is 2.18. The standard InChI is InChI=1S/C32H30N8O6S2/c1-19-17-29(35-21(3)33-19)39-47(43,44)27-13-9-25(10-14-27)37-31(41)23-5-7-24(8-6-23)32(42)38-26-11-15-28(16-12-26)48(45,46)40-30-18-20(2)34-22(4)36-30/h5-18H,1-4H3,(H,37,41)(H,38,42)(H,33,35,39)(H,34,36,40). The Hall–Kier alpha value is -5.74. The minimum atomic E-state index is -3.93. The summed E-state index contributed by atoms with van der Waals surface area (Å²) in [5.41, 5.74) is 2.47. The molecule has 0 fully saturated rings. The normalized spacial score (nSPS) is 11.4. The molecule has 2 heterocycles. The van der Waals surface area contributed by atoms with Crippen LogP contribution in [0.3, 0.4) is 0 Å². The minimum absolute atomic E-state index is 0.0230. The number of nitrogens with zero attached hydrogens (tertiary/aromatic N) is 4. The monoisotopic (exact) mass is 686 g/mol. The van der Waals surface area contributed by atoms with Crippen LogP contribution in [0.15, 0.2) is 94.7 Å². The van der Waals surface area contributed by atoms with Crippen LogP contribution in [-0.4, -0.2) is 48.6 Å². The van der Waals surface area contributed by atoms with Gasteiger partial charge in [0.15, 0.2) is 0 Å². The molecule has 0 aliphatic heterocycles. The molecule has 2 amide bonds. The first kappa shape index (κ1) is 33.6. The summed E-state index contributed by atoms with van der Waals surface area (Å²) >= 11 is 0. The Morgan fingerprint density at radius 1 is 0.500 bits per heavy atom. The zero-order valence-corrected chi connectivity index (χ0v) is 27.8. The molecule has 0 aliphatic rings. The lowest BCUT2D eigenvalue weighted by atomic mass is 10.1. The van der Waals surface area contributed by atoms with Crippen LogP contribution in [0.4, 0.5) is 23.0 Å². The fourth-order valence-corrected chi connectivity index (χ4v) is 6.53. The zero-order valence-electron chi connectivity index (χ0n) is 26.1. The number of rotatable bonds is 10. The largest absolute Gasteiger partial charge is 0.322 e. The van der Waals surface area contributed by atoms with E-state index in [2.05, 4.69) is 40.0 Å². The summed E-state index contributed by atoms with van der Waals surface area (Å²) in [6.07, 6.45) is 0. The molecule has 0 spiro atoms. The van der Waals surface area contributed by atoms with Gasteiger partial charge in [-0.2, -0.15) is 0 Å². The van der Waals surface area contributed by atoms with Crippen LogP contribution in [0.2, 0.25) is 0 Å². The van der Waals surface area contributed by atoms with E-state index in [1.54, 1.807) is 27.7 Å². The van der Waals surface area contributed by atoms with Gasteiger partial charge in [0.1, 0.15) is 23.3 Å². The lowest BCUT2D eigenvalue weighted by Crippen LogP contribution is -2.16. The van der Waals surface area contributed by atoms with Crippen LogP contribution < -0.4 is 20.1 Å². The van der Waals surface area contributed by atoms with Crippen molar-refractivity contribution < 1.29 is 26.4 Å². The molecule has 48 heavy (non-hydrogen) atoms. The molecule has 3 aromatic carbocycles. The Bertz CT molecular complexity index is 2030. The van der Waals surface area contributed by atoms with Gasteiger partial charge in [-0.15, -0.1) is 0 Å². The van der Waals surface area contributed by atoms with E-state index in [0.29, 0.717) is 34.4 Å². The summed E-state index contributed by atoms with van der Waals surface area (Å²) in [5, 5.41) is 5.38. The van der Waals surface area contributed by atoms with E-state index in [0.717, 1.165) is 0 Å². The lowest BCUT2D eigenvalue weighted by molar-refractivity contribution is 0.101. The number of carbonyl (C=O) groups excluding carboxylic acids is 2. The maximum atomic E-state index is 12.8.